The molecule has 1 heterocycles. The SMILES string of the molecule is O=C(CCN1CCC(C(O)(c2ccccc2)c2ccccc2)CC1)OC1CCCCC1. The van der Waals surface area contributed by atoms with Gasteiger partial charge in [0.2, 0.25) is 0 Å². The van der Waals surface area contributed by atoms with E-state index in [0.717, 1.165) is 56.4 Å². The molecule has 4 nitrogen and oxygen atoms in total. The summed E-state index contributed by atoms with van der Waals surface area (Å²) in [5.74, 6) is 0.0850. The van der Waals surface area contributed by atoms with Gasteiger partial charge < -0.3 is 14.7 Å². The molecule has 0 unspecified atom stereocenters. The van der Waals surface area contributed by atoms with Gasteiger partial charge in [-0.25, -0.2) is 0 Å². The van der Waals surface area contributed by atoms with Gasteiger partial charge in [0.1, 0.15) is 11.7 Å². The first-order valence-electron chi connectivity index (χ1n) is 11.9. The summed E-state index contributed by atoms with van der Waals surface area (Å²) >= 11 is 0. The summed E-state index contributed by atoms with van der Waals surface area (Å²) in [6, 6.07) is 20.1. The van der Waals surface area contributed by atoms with Gasteiger partial charge in [-0.1, -0.05) is 67.1 Å². The molecule has 1 saturated heterocycles. The normalized spacial score (nSPS) is 19.3. The Morgan fingerprint density at radius 3 is 1.97 bits per heavy atom. The number of hydrogen-bond acceptors (Lipinski definition) is 4. The summed E-state index contributed by atoms with van der Waals surface area (Å²) in [6.45, 7) is 2.53. The van der Waals surface area contributed by atoms with Crippen LogP contribution in [0, 0.1) is 5.92 Å². The van der Waals surface area contributed by atoms with Gasteiger partial charge in [0, 0.05) is 6.54 Å². The van der Waals surface area contributed by atoms with E-state index in [1.54, 1.807) is 0 Å². The van der Waals surface area contributed by atoms with Gasteiger partial charge in [-0.2, -0.15) is 0 Å². The van der Waals surface area contributed by atoms with Crippen LogP contribution >= 0.6 is 0 Å². The van der Waals surface area contributed by atoms with E-state index in [1.165, 1.54) is 19.3 Å². The number of carbonyl (C=O) groups excluding carboxylic acids is 1. The van der Waals surface area contributed by atoms with Crippen LogP contribution in [0.5, 0.6) is 0 Å². The van der Waals surface area contributed by atoms with E-state index in [2.05, 4.69) is 4.90 Å². The lowest BCUT2D eigenvalue weighted by Crippen LogP contribution is -2.44. The van der Waals surface area contributed by atoms with Crippen LogP contribution in [0.25, 0.3) is 0 Å². The van der Waals surface area contributed by atoms with Crippen molar-refractivity contribution in [1.82, 2.24) is 4.90 Å². The number of likely N-dealkylation sites (tertiary alicyclic amines) is 1. The Morgan fingerprint density at radius 2 is 1.42 bits per heavy atom. The smallest absolute Gasteiger partial charge is 0.307 e. The van der Waals surface area contributed by atoms with Crippen LogP contribution in [-0.4, -0.2) is 41.7 Å². The minimum absolute atomic E-state index is 0.0564. The molecule has 0 atom stereocenters. The third-order valence-electron chi connectivity index (χ3n) is 7.09. The van der Waals surface area contributed by atoms with Crippen LogP contribution in [0.3, 0.4) is 0 Å². The third-order valence-corrected chi connectivity index (χ3v) is 7.09. The second-order valence-electron chi connectivity index (χ2n) is 9.11. The molecule has 2 aromatic rings. The van der Waals surface area contributed by atoms with E-state index in [9.17, 15) is 9.90 Å². The molecular formula is C27H35NO3. The molecule has 2 aliphatic rings. The van der Waals surface area contributed by atoms with Crippen LogP contribution in [-0.2, 0) is 15.1 Å². The maximum Gasteiger partial charge on any atom is 0.307 e. The van der Waals surface area contributed by atoms with E-state index in [1.807, 2.05) is 60.7 Å². The Kier molecular flexibility index (Phi) is 7.41. The Morgan fingerprint density at radius 1 is 0.871 bits per heavy atom. The summed E-state index contributed by atoms with van der Waals surface area (Å²) in [6.07, 6.45) is 8.07. The molecule has 31 heavy (non-hydrogen) atoms. The van der Waals surface area contributed by atoms with E-state index < -0.39 is 5.60 Å². The zero-order chi connectivity index (χ0) is 21.5. The molecule has 1 saturated carbocycles. The van der Waals surface area contributed by atoms with Crippen molar-refractivity contribution < 1.29 is 14.6 Å². The van der Waals surface area contributed by atoms with E-state index in [4.69, 9.17) is 4.74 Å². The molecule has 2 aromatic carbocycles. The topological polar surface area (TPSA) is 49.8 Å². The Balaban J connectivity index is 1.34. The average molecular weight is 422 g/mol. The molecule has 1 N–H and O–H groups in total. The highest BCUT2D eigenvalue weighted by molar-refractivity contribution is 5.69. The average Bonchev–Trinajstić information content (AvgIpc) is 2.84. The second kappa shape index (κ2) is 10.4. The molecule has 1 aliphatic carbocycles. The number of piperidine rings is 1. The van der Waals surface area contributed by atoms with Gasteiger partial charge in [-0.05, 0) is 68.7 Å². The number of carbonyl (C=O) groups is 1. The second-order valence-corrected chi connectivity index (χ2v) is 9.11. The standard InChI is InChI=1S/C27H35NO3/c29-26(31-25-14-8-3-9-15-25)18-21-28-19-16-24(17-20-28)27(30,22-10-4-1-5-11-22)23-12-6-2-7-13-23/h1-2,4-7,10-13,24-25,30H,3,8-9,14-21H2. The van der Waals surface area contributed by atoms with Crippen LogP contribution in [0.15, 0.2) is 60.7 Å². The van der Waals surface area contributed by atoms with Crippen molar-refractivity contribution in [2.75, 3.05) is 19.6 Å². The first-order chi connectivity index (χ1) is 15.2. The number of esters is 1. The lowest BCUT2D eigenvalue weighted by molar-refractivity contribution is -0.151. The fraction of sp³-hybridized carbons (Fsp3) is 0.519. The molecule has 0 bridgehead atoms. The van der Waals surface area contributed by atoms with Gasteiger partial charge >= 0.3 is 5.97 Å². The van der Waals surface area contributed by atoms with Crippen molar-refractivity contribution in [3.63, 3.8) is 0 Å². The maximum absolute atomic E-state index is 12.3. The van der Waals surface area contributed by atoms with Crippen LogP contribution in [0.2, 0.25) is 0 Å². The predicted octanol–water partition coefficient (Wildman–Crippen LogP) is 4.90. The number of nitrogens with zero attached hydrogens (tertiary/aromatic N) is 1. The van der Waals surface area contributed by atoms with Gasteiger partial charge in [-0.3, -0.25) is 4.79 Å². The Hall–Kier alpha value is -2.17. The molecule has 0 aromatic heterocycles. The monoisotopic (exact) mass is 421 g/mol. The summed E-state index contributed by atoms with van der Waals surface area (Å²) in [5, 5.41) is 12.0. The summed E-state index contributed by atoms with van der Waals surface area (Å²) in [7, 11) is 0. The molecule has 166 valence electrons. The van der Waals surface area contributed by atoms with Gasteiger partial charge in [0.05, 0.1) is 6.42 Å². The Bertz CT molecular complexity index is 769. The molecule has 0 amide bonds. The van der Waals surface area contributed by atoms with E-state index >= 15 is 0 Å². The van der Waals surface area contributed by atoms with Crippen molar-refractivity contribution in [3.8, 4) is 0 Å². The zero-order valence-electron chi connectivity index (χ0n) is 18.4. The Labute approximate surface area is 186 Å². The quantitative estimate of drug-likeness (QED) is 0.646. The van der Waals surface area contributed by atoms with Crippen molar-refractivity contribution >= 4 is 5.97 Å². The first-order valence-corrected chi connectivity index (χ1v) is 11.9. The summed E-state index contributed by atoms with van der Waals surface area (Å²) in [5.41, 5.74) is 0.917. The summed E-state index contributed by atoms with van der Waals surface area (Å²) < 4.78 is 5.67. The fourth-order valence-electron chi connectivity index (χ4n) is 5.27. The maximum atomic E-state index is 12.3. The van der Waals surface area contributed by atoms with Gasteiger partial charge in [-0.15, -0.1) is 0 Å². The molecule has 1 aliphatic heterocycles. The van der Waals surface area contributed by atoms with Crippen molar-refractivity contribution in [1.29, 1.82) is 0 Å². The molecule has 0 spiro atoms. The highest BCUT2D eigenvalue weighted by atomic mass is 16.5. The zero-order valence-corrected chi connectivity index (χ0v) is 18.4. The molecule has 2 fully saturated rings. The number of ether oxygens (including phenoxy) is 1. The van der Waals surface area contributed by atoms with Crippen molar-refractivity contribution in [2.24, 2.45) is 5.92 Å². The van der Waals surface area contributed by atoms with Crippen LogP contribution in [0.4, 0.5) is 0 Å². The van der Waals surface area contributed by atoms with E-state index in [0.29, 0.717) is 6.42 Å². The lowest BCUT2D eigenvalue weighted by atomic mass is 9.72. The number of benzene rings is 2. The van der Waals surface area contributed by atoms with Crippen molar-refractivity contribution in [2.45, 2.75) is 63.1 Å². The predicted molar refractivity (Wildman–Crippen MR) is 123 cm³/mol. The van der Waals surface area contributed by atoms with E-state index in [-0.39, 0.29) is 18.0 Å². The van der Waals surface area contributed by atoms with Gasteiger partial charge in [0.25, 0.3) is 0 Å². The lowest BCUT2D eigenvalue weighted by Gasteiger charge is -2.42. The highest BCUT2D eigenvalue weighted by Crippen LogP contribution is 2.41. The highest BCUT2D eigenvalue weighted by Gasteiger charge is 2.41. The summed E-state index contributed by atoms with van der Waals surface area (Å²) in [4.78, 5) is 14.6. The largest absolute Gasteiger partial charge is 0.462 e. The minimum Gasteiger partial charge on any atom is -0.462 e. The number of aliphatic hydroxyl groups is 1. The molecule has 0 radical (unpaired) electrons. The van der Waals surface area contributed by atoms with Gasteiger partial charge in [0.15, 0.2) is 0 Å². The van der Waals surface area contributed by atoms with Crippen LogP contribution < -0.4 is 0 Å². The first kappa shape index (κ1) is 22.0. The molecular weight excluding hydrogens is 386 g/mol. The third kappa shape index (κ3) is 5.36. The minimum atomic E-state index is -0.992. The van der Waals surface area contributed by atoms with Crippen LogP contribution in [0.1, 0.15) is 62.5 Å². The number of rotatable bonds is 7. The van der Waals surface area contributed by atoms with Crippen molar-refractivity contribution in [3.05, 3.63) is 71.8 Å². The molecule has 4 rings (SSSR count). The molecule has 4 heteroatoms. The number of hydrogen-bond donors (Lipinski definition) is 1. The fourth-order valence-corrected chi connectivity index (χ4v) is 5.27.